The largest absolute Gasteiger partial charge is 0.508 e. The summed E-state index contributed by atoms with van der Waals surface area (Å²) in [5.74, 6) is 0.224. The van der Waals surface area contributed by atoms with Gasteiger partial charge in [-0.15, -0.1) is 0 Å². The van der Waals surface area contributed by atoms with Crippen molar-refractivity contribution in [1.82, 2.24) is 10.2 Å². The van der Waals surface area contributed by atoms with E-state index in [2.05, 4.69) is 37.9 Å². The summed E-state index contributed by atoms with van der Waals surface area (Å²) < 4.78 is 0. The molecule has 118 valence electrons. The molecular formula is C17H28N2O2. The molecule has 1 aromatic carbocycles. The molecule has 0 spiro atoms. The Kier molecular flexibility index (Phi) is 4.79. The maximum absolute atomic E-state index is 9.58. The van der Waals surface area contributed by atoms with Crippen LogP contribution >= 0.6 is 0 Å². The normalized spacial score (nSPS) is 19.6. The second-order valence-corrected chi connectivity index (χ2v) is 7.10. The number of phenolic OH excluding ortho intramolecular Hbond substituents is 2. The van der Waals surface area contributed by atoms with Crippen LogP contribution < -0.4 is 5.32 Å². The van der Waals surface area contributed by atoms with Gasteiger partial charge in [-0.25, -0.2) is 0 Å². The molecule has 1 unspecified atom stereocenters. The first kappa shape index (κ1) is 16.1. The second kappa shape index (κ2) is 6.24. The van der Waals surface area contributed by atoms with E-state index in [1.165, 1.54) is 6.07 Å². The maximum Gasteiger partial charge on any atom is 0.119 e. The molecule has 0 aliphatic carbocycles. The van der Waals surface area contributed by atoms with Gasteiger partial charge in [-0.05, 0) is 58.2 Å². The summed E-state index contributed by atoms with van der Waals surface area (Å²) in [5.41, 5.74) is 1.17. The number of piperidine rings is 1. The quantitative estimate of drug-likeness (QED) is 0.801. The molecule has 3 N–H and O–H groups in total. The minimum absolute atomic E-state index is 0.112. The van der Waals surface area contributed by atoms with E-state index in [0.29, 0.717) is 6.04 Å². The van der Waals surface area contributed by atoms with E-state index < -0.39 is 0 Å². The van der Waals surface area contributed by atoms with Gasteiger partial charge in [0.2, 0.25) is 0 Å². The molecule has 1 aliphatic heterocycles. The van der Waals surface area contributed by atoms with Gasteiger partial charge in [-0.2, -0.15) is 0 Å². The van der Waals surface area contributed by atoms with E-state index in [1.807, 2.05) is 0 Å². The smallest absolute Gasteiger partial charge is 0.119 e. The summed E-state index contributed by atoms with van der Waals surface area (Å²) in [6.45, 7) is 11.1. The zero-order valence-corrected chi connectivity index (χ0v) is 13.6. The Morgan fingerprint density at radius 1 is 1.10 bits per heavy atom. The predicted molar refractivity (Wildman–Crippen MR) is 85.7 cm³/mol. The van der Waals surface area contributed by atoms with Crippen molar-refractivity contribution in [2.45, 2.75) is 58.2 Å². The summed E-state index contributed by atoms with van der Waals surface area (Å²) in [7, 11) is 0. The van der Waals surface area contributed by atoms with Gasteiger partial charge in [-0.1, -0.05) is 0 Å². The van der Waals surface area contributed by atoms with E-state index in [1.54, 1.807) is 12.1 Å². The molecular weight excluding hydrogens is 264 g/mol. The molecule has 2 rings (SSSR count). The SMILES string of the molecule is CC(NC1CCN(C(C)(C)C)CC1)c1cc(O)cc(O)c1. The number of hydrogen-bond acceptors (Lipinski definition) is 4. The maximum atomic E-state index is 9.58. The first-order valence-electron chi connectivity index (χ1n) is 7.80. The first-order valence-corrected chi connectivity index (χ1v) is 7.80. The van der Waals surface area contributed by atoms with Crippen LogP contribution in [0.1, 0.15) is 52.1 Å². The highest BCUT2D eigenvalue weighted by atomic mass is 16.3. The van der Waals surface area contributed by atoms with Crippen molar-refractivity contribution in [2.75, 3.05) is 13.1 Å². The summed E-state index contributed by atoms with van der Waals surface area (Å²) in [6, 6.07) is 5.39. The Morgan fingerprint density at radius 3 is 2.10 bits per heavy atom. The van der Waals surface area contributed by atoms with Gasteiger partial charge in [0.1, 0.15) is 11.5 Å². The van der Waals surface area contributed by atoms with Crippen LogP contribution in [-0.4, -0.2) is 39.8 Å². The zero-order chi connectivity index (χ0) is 15.6. The molecule has 1 atom stereocenters. The molecule has 21 heavy (non-hydrogen) atoms. The summed E-state index contributed by atoms with van der Waals surface area (Å²) in [6.07, 6.45) is 2.26. The predicted octanol–water partition coefficient (Wildman–Crippen LogP) is 3.01. The lowest BCUT2D eigenvalue weighted by Gasteiger charge is -2.41. The number of hydrogen-bond donors (Lipinski definition) is 3. The van der Waals surface area contributed by atoms with Crippen molar-refractivity contribution >= 4 is 0 Å². The average Bonchev–Trinajstić information content (AvgIpc) is 2.37. The van der Waals surface area contributed by atoms with Crippen molar-refractivity contribution < 1.29 is 10.2 Å². The first-order chi connectivity index (χ1) is 9.75. The fourth-order valence-corrected chi connectivity index (χ4v) is 3.03. The van der Waals surface area contributed by atoms with Crippen LogP contribution in [0.2, 0.25) is 0 Å². The van der Waals surface area contributed by atoms with Crippen molar-refractivity contribution in [2.24, 2.45) is 0 Å². The monoisotopic (exact) mass is 292 g/mol. The molecule has 0 aromatic heterocycles. The Hall–Kier alpha value is -1.26. The van der Waals surface area contributed by atoms with Crippen LogP contribution in [0.25, 0.3) is 0 Å². The highest BCUT2D eigenvalue weighted by Gasteiger charge is 2.27. The van der Waals surface area contributed by atoms with Gasteiger partial charge in [0.05, 0.1) is 0 Å². The number of aromatic hydroxyl groups is 2. The minimum atomic E-state index is 0.112. The highest BCUT2D eigenvalue weighted by Crippen LogP contribution is 2.26. The lowest BCUT2D eigenvalue weighted by Crippen LogP contribution is -2.50. The molecule has 0 saturated carbocycles. The number of nitrogens with one attached hydrogen (secondary N) is 1. The van der Waals surface area contributed by atoms with E-state index in [9.17, 15) is 10.2 Å². The average molecular weight is 292 g/mol. The van der Waals surface area contributed by atoms with Crippen LogP contribution in [-0.2, 0) is 0 Å². The number of benzene rings is 1. The topological polar surface area (TPSA) is 55.7 Å². The Balaban J connectivity index is 1.91. The van der Waals surface area contributed by atoms with Crippen molar-refractivity contribution in [3.63, 3.8) is 0 Å². The van der Waals surface area contributed by atoms with E-state index in [0.717, 1.165) is 31.5 Å². The number of likely N-dealkylation sites (tertiary alicyclic amines) is 1. The Morgan fingerprint density at radius 2 is 1.62 bits per heavy atom. The van der Waals surface area contributed by atoms with Crippen LogP contribution in [0, 0.1) is 0 Å². The highest BCUT2D eigenvalue weighted by molar-refractivity contribution is 5.37. The van der Waals surface area contributed by atoms with Gasteiger partial charge in [0.25, 0.3) is 0 Å². The molecule has 1 heterocycles. The van der Waals surface area contributed by atoms with Gasteiger partial charge in [0.15, 0.2) is 0 Å². The minimum Gasteiger partial charge on any atom is -0.508 e. The van der Waals surface area contributed by atoms with Gasteiger partial charge >= 0.3 is 0 Å². The zero-order valence-electron chi connectivity index (χ0n) is 13.6. The van der Waals surface area contributed by atoms with Crippen LogP contribution in [0.15, 0.2) is 18.2 Å². The molecule has 1 fully saturated rings. The molecule has 0 amide bonds. The van der Waals surface area contributed by atoms with E-state index in [-0.39, 0.29) is 23.1 Å². The third kappa shape index (κ3) is 4.35. The molecule has 0 radical (unpaired) electrons. The number of rotatable bonds is 3. The lowest BCUT2D eigenvalue weighted by atomic mass is 9.97. The fourth-order valence-electron chi connectivity index (χ4n) is 3.03. The van der Waals surface area contributed by atoms with E-state index in [4.69, 9.17) is 0 Å². The summed E-state index contributed by atoms with van der Waals surface area (Å²) >= 11 is 0. The molecule has 4 heteroatoms. The van der Waals surface area contributed by atoms with Crippen molar-refractivity contribution in [3.8, 4) is 11.5 Å². The number of nitrogens with zero attached hydrogens (tertiary/aromatic N) is 1. The lowest BCUT2D eigenvalue weighted by molar-refractivity contribution is 0.0942. The Labute approximate surface area is 127 Å². The molecule has 0 bridgehead atoms. The van der Waals surface area contributed by atoms with Crippen LogP contribution in [0.4, 0.5) is 0 Å². The van der Waals surface area contributed by atoms with E-state index >= 15 is 0 Å². The number of phenols is 2. The molecule has 4 nitrogen and oxygen atoms in total. The van der Waals surface area contributed by atoms with Gasteiger partial charge < -0.3 is 15.5 Å². The summed E-state index contributed by atoms with van der Waals surface area (Å²) in [4.78, 5) is 2.52. The third-order valence-corrected chi connectivity index (χ3v) is 4.35. The second-order valence-electron chi connectivity index (χ2n) is 7.10. The van der Waals surface area contributed by atoms with Crippen molar-refractivity contribution in [1.29, 1.82) is 0 Å². The standard InChI is InChI=1S/C17H28N2O2/c1-12(13-9-15(20)11-16(21)10-13)18-14-5-7-19(8-6-14)17(2,3)4/h9-12,14,18,20-21H,5-8H2,1-4H3. The molecule has 1 aromatic rings. The molecule has 1 saturated heterocycles. The van der Waals surface area contributed by atoms with Crippen LogP contribution in [0.5, 0.6) is 11.5 Å². The third-order valence-electron chi connectivity index (χ3n) is 4.35. The van der Waals surface area contributed by atoms with Gasteiger partial charge in [0, 0.05) is 36.8 Å². The summed E-state index contributed by atoms with van der Waals surface area (Å²) in [5, 5.41) is 22.8. The fraction of sp³-hybridized carbons (Fsp3) is 0.647. The van der Waals surface area contributed by atoms with Gasteiger partial charge in [-0.3, -0.25) is 4.90 Å². The molecule has 1 aliphatic rings. The van der Waals surface area contributed by atoms with Crippen molar-refractivity contribution in [3.05, 3.63) is 23.8 Å². The Bertz CT molecular complexity index is 454. The van der Waals surface area contributed by atoms with Crippen LogP contribution in [0.3, 0.4) is 0 Å².